The quantitative estimate of drug-likeness (QED) is 0.594. The predicted molar refractivity (Wildman–Crippen MR) is 72.5 cm³/mol. The number of carbonyl (C=O) groups is 1. The van der Waals surface area contributed by atoms with Crippen LogP contribution >= 0.6 is 0 Å². The van der Waals surface area contributed by atoms with Crippen molar-refractivity contribution in [3.8, 4) is 5.75 Å². The van der Waals surface area contributed by atoms with E-state index in [0.717, 1.165) is 23.2 Å². The number of aldehydes is 1. The molecule has 0 spiro atoms. The summed E-state index contributed by atoms with van der Waals surface area (Å²) in [4.78, 5) is 10.7. The van der Waals surface area contributed by atoms with Gasteiger partial charge in [-0.25, -0.2) is 0 Å². The molecule has 0 bridgehead atoms. The second kappa shape index (κ2) is 6.01. The van der Waals surface area contributed by atoms with E-state index in [9.17, 15) is 4.79 Å². The van der Waals surface area contributed by atoms with Gasteiger partial charge in [0.05, 0.1) is 12.2 Å². The maximum absolute atomic E-state index is 10.7. The van der Waals surface area contributed by atoms with Gasteiger partial charge in [0.1, 0.15) is 18.6 Å². The Morgan fingerprint density at radius 2 is 1.67 bits per heavy atom. The minimum absolute atomic E-state index is 0.144. The van der Waals surface area contributed by atoms with Crippen molar-refractivity contribution in [3.63, 3.8) is 0 Å². The second-order valence-corrected chi connectivity index (χ2v) is 5.41. The molecule has 0 N–H and O–H groups in total. The zero-order chi connectivity index (χ0) is 13.8. The molecule has 0 amide bonds. The SMILES string of the molecule is Cc1cc(C=O)cc(C)c1OCCOC(C)(C)C. The summed E-state index contributed by atoms with van der Waals surface area (Å²) in [6.45, 7) is 11.0. The van der Waals surface area contributed by atoms with Gasteiger partial charge in [-0.3, -0.25) is 4.79 Å². The zero-order valence-corrected chi connectivity index (χ0v) is 11.9. The molecule has 1 aromatic rings. The fourth-order valence-electron chi connectivity index (χ4n) is 1.77. The van der Waals surface area contributed by atoms with Crippen molar-refractivity contribution >= 4 is 6.29 Å². The van der Waals surface area contributed by atoms with Gasteiger partial charge in [-0.05, 0) is 57.9 Å². The smallest absolute Gasteiger partial charge is 0.150 e. The van der Waals surface area contributed by atoms with Crippen LogP contribution in [0.2, 0.25) is 0 Å². The van der Waals surface area contributed by atoms with E-state index in [1.165, 1.54) is 0 Å². The van der Waals surface area contributed by atoms with Gasteiger partial charge in [0.15, 0.2) is 0 Å². The highest BCUT2D eigenvalue weighted by Gasteiger charge is 2.10. The molecule has 0 fully saturated rings. The number of hydrogen-bond donors (Lipinski definition) is 0. The number of aryl methyl sites for hydroxylation is 2. The van der Waals surface area contributed by atoms with Crippen molar-refractivity contribution in [2.75, 3.05) is 13.2 Å². The lowest BCUT2D eigenvalue weighted by Crippen LogP contribution is -2.22. The number of carbonyl (C=O) groups excluding carboxylic acids is 1. The lowest BCUT2D eigenvalue weighted by atomic mass is 10.1. The maximum Gasteiger partial charge on any atom is 0.150 e. The molecule has 0 saturated heterocycles. The van der Waals surface area contributed by atoms with E-state index in [2.05, 4.69) is 0 Å². The van der Waals surface area contributed by atoms with E-state index < -0.39 is 0 Å². The first-order chi connectivity index (χ1) is 8.33. The number of hydrogen-bond acceptors (Lipinski definition) is 3. The molecule has 100 valence electrons. The molecular formula is C15H22O3. The summed E-state index contributed by atoms with van der Waals surface area (Å²) in [5.41, 5.74) is 2.50. The van der Waals surface area contributed by atoms with E-state index >= 15 is 0 Å². The molecule has 0 saturated carbocycles. The molecule has 18 heavy (non-hydrogen) atoms. The summed E-state index contributed by atoms with van der Waals surface area (Å²) in [7, 11) is 0. The molecule has 1 aromatic carbocycles. The average Bonchev–Trinajstić information content (AvgIpc) is 2.25. The number of ether oxygens (including phenoxy) is 2. The Morgan fingerprint density at radius 1 is 1.11 bits per heavy atom. The minimum Gasteiger partial charge on any atom is -0.491 e. The summed E-state index contributed by atoms with van der Waals surface area (Å²) in [5, 5.41) is 0. The molecule has 0 aliphatic rings. The van der Waals surface area contributed by atoms with Crippen LogP contribution in [0.25, 0.3) is 0 Å². The van der Waals surface area contributed by atoms with Crippen molar-refractivity contribution in [1.82, 2.24) is 0 Å². The Balaban J connectivity index is 2.60. The fourth-order valence-corrected chi connectivity index (χ4v) is 1.77. The van der Waals surface area contributed by atoms with Crippen LogP contribution < -0.4 is 4.74 Å². The lowest BCUT2D eigenvalue weighted by molar-refractivity contribution is -0.0164. The first-order valence-electron chi connectivity index (χ1n) is 6.16. The van der Waals surface area contributed by atoms with Gasteiger partial charge in [-0.1, -0.05) is 0 Å². The summed E-state index contributed by atoms with van der Waals surface area (Å²) in [5.74, 6) is 0.845. The van der Waals surface area contributed by atoms with Crippen LogP contribution in [0.4, 0.5) is 0 Å². The van der Waals surface area contributed by atoms with Gasteiger partial charge >= 0.3 is 0 Å². The second-order valence-electron chi connectivity index (χ2n) is 5.41. The molecule has 1 rings (SSSR count). The highest BCUT2D eigenvalue weighted by molar-refractivity contribution is 5.76. The van der Waals surface area contributed by atoms with Gasteiger partial charge in [-0.2, -0.15) is 0 Å². The first-order valence-corrected chi connectivity index (χ1v) is 6.16. The molecule has 3 heteroatoms. The largest absolute Gasteiger partial charge is 0.491 e. The monoisotopic (exact) mass is 250 g/mol. The normalized spacial score (nSPS) is 11.4. The van der Waals surface area contributed by atoms with Crippen LogP contribution in [-0.2, 0) is 4.74 Å². The summed E-state index contributed by atoms with van der Waals surface area (Å²) >= 11 is 0. The highest BCUT2D eigenvalue weighted by Crippen LogP contribution is 2.24. The topological polar surface area (TPSA) is 35.5 Å². The van der Waals surface area contributed by atoms with Crippen LogP contribution in [0.5, 0.6) is 5.75 Å². The van der Waals surface area contributed by atoms with E-state index in [1.807, 2.05) is 46.8 Å². The van der Waals surface area contributed by atoms with Crippen molar-refractivity contribution in [2.24, 2.45) is 0 Å². The van der Waals surface area contributed by atoms with E-state index in [4.69, 9.17) is 9.47 Å². The van der Waals surface area contributed by atoms with Crippen LogP contribution in [0.15, 0.2) is 12.1 Å². The third-order valence-corrected chi connectivity index (χ3v) is 2.48. The molecule has 0 radical (unpaired) electrons. The van der Waals surface area contributed by atoms with E-state index in [0.29, 0.717) is 18.8 Å². The number of benzene rings is 1. The molecule has 3 nitrogen and oxygen atoms in total. The third kappa shape index (κ3) is 4.49. The van der Waals surface area contributed by atoms with Gasteiger partial charge < -0.3 is 9.47 Å². The molecular weight excluding hydrogens is 228 g/mol. The van der Waals surface area contributed by atoms with Gasteiger partial charge in [0.25, 0.3) is 0 Å². The molecule has 0 aliphatic carbocycles. The van der Waals surface area contributed by atoms with Crippen LogP contribution in [-0.4, -0.2) is 25.1 Å². The number of rotatable bonds is 5. The first kappa shape index (κ1) is 14.7. The van der Waals surface area contributed by atoms with Crippen LogP contribution in [0.1, 0.15) is 42.3 Å². The fraction of sp³-hybridized carbons (Fsp3) is 0.533. The lowest BCUT2D eigenvalue weighted by Gasteiger charge is -2.20. The summed E-state index contributed by atoms with van der Waals surface area (Å²) < 4.78 is 11.3. The van der Waals surface area contributed by atoms with Gasteiger partial charge in [0.2, 0.25) is 0 Å². The van der Waals surface area contributed by atoms with Crippen molar-refractivity contribution in [2.45, 2.75) is 40.2 Å². The zero-order valence-electron chi connectivity index (χ0n) is 11.9. The van der Waals surface area contributed by atoms with Crippen molar-refractivity contribution < 1.29 is 14.3 Å². The van der Waals surface area contributed by atoms with E-state index in [1.54, 1.807) is 0 Å². The predicted octanol–water partition coefficient (Wildman–Crippen LogP) is 3.31. The molecule has 0 aromatic heterocycles. The Hall–Kier alpha value is -1.35. The minimum atomic E-state index is -0.144. The molecule has 0 heterocycles. The molecule has 0 unspecified atom stereocenters. The van der Waals surface area contributed by atoms with Crippen molar-refractivity contribution in [3.05, 3.63) is 28.8 Å². The van der Waals surface area contributed by atoms with Crippen LogP contribution in [0, 0.1) is 13.8 Å². The molecule has 0 aliphatic heterocycles. The van der Waals surface area contributed by atoms with Crippen molar-refractivity contribution in [1.29, 1.82) is 0 Å². The van der Waals surface area contributed by atoms with Crippen LogP contribution in [0.3, 0.4) is 0 Å². The Labute approximate surface area is 109 Å². The third-order valence-electron chi connectivity index (χ3n) is 2.48. The summed E-state index contributed by atoms with van der Waals surface area (Å²) in [6.07, 6.45) is 0.854. The Morgan fingerprint density at radius 3 is 2.11 bits per heavy atom. The van der Waals surface area contributed by atoms with Gasteiger partial charge in [-0.15, -0.1) is 0 Å². The highest BCUT2D eigenvalue weighted by atomic mass is 16.5. The Bertz CT molecular complexity index is 393. The molecule has 0 atom stereocenters. The Kier molecular flexibility index (Phi) is 4.91. The maximum atomic E-state index is 10.7. The average molecular weight is 250 g/mol. The standard InChI is InChI=1S/C15H22O3/c1-11-8-13(10-16)9-12(2)14(11)17-6-7-18-15(3,4)5/h8-10H,6-7H2,1-5H3. The van der Waals surface area contributed by atoms with E-state index in [-0.39, 0.29) is 5.60 Å². The van der Waals surface area contributed by atoms with Gasteiger partial charge in [0, 0.05) is 5.56 Å². The summed E-state index contributed by atoms with van der Waals surface area (Å²) in [6, 6.07) is 3.67.